The zero-order chi connectivity index (χ0) is 15.2. The topological polar surface area (TPSA) is 47.0 Å². The summed E-state index contributed by atoms with van der Waals surface area (Å²) in [6, 6.07) is 7.84. The van der Waals surface area contributed by atoms with E-state index in [-0.39, 0.29) is 6.10 Å². The van der Waals surface area contributed by atoms with Gasteiger partial charge in [0.15, 0.2) is 5.82 Å². The van der Waals surface area contributed by atoms with Crippen LogP contribution in [-0.2, 0) is 0 Å². The van der Waals surface area contributed by atoms with Crippen LogP contribution in [0.5, 0.6) is 5.75 Å². The van der Waals surface area contributed by atoms with Crippen LogP contribution in [0.2, 0.25) is 0 Å². The van der Waals surface area contributed by atoms with Crippen molar-refractivity contribution >= 4 is 21.7 Å². The molecule has 5 heteroatoms. The first-order chi connectivity index (χ1) is 10.1. The van der Waals surface area contributed by atoms with Crippen LogP contribution < -0.4 is 10.1 Å². The predicted molar refractivity (Wildman–Crippen MR) is 89.7 cm³/mol. The van der Waals surface area contributed by atoms with E-state index in [0.717, 1.165) is 34.6 Å². The Hall–Kier alpha value is -1.62. The molecule has 0 saturated carbocycles. The fourth-order valence-electron chi connectivity index (χ4n) is 1.83. The first-order valence-electron chi connectivity index (χ1n) is 7.13. The molecule has 2 rings (SSSR count). The molecule has 0 radical (unpaired) electrons. The molecule has 0 amide bonds. The fourth-order valence-corrected chi connectivity index (χ4v) is 2.16. The van der Waals surface area contributed by atoms with Crippen molar-refractivity contribution in [3.05, 3.63) is 34.9 Å². The molecule has 1 heterocycles. The summed E-state index contributed by atoms with van der Waals surface area (Å²) in [5, 5.41) is 3.29. The molecule has 0 unspecified atom stereocenters. The summed E-state index contributed by atoms with van der Waals surface area (Å²) in [5.74, 6) is 2.38. The van der Waals surface area contributed by atoms with Gasteiger partial charge in [-0.2, -0.15) is 0 Å². The number of nitrogens with one attached hydrogen (secondary N) is 1. The van der Waals surface area contributed by atoms with Crippen molar-refractivity contribution in [2.24, 2.45) is 0 Å². The molecule has 0 aliphatic rings. The maximum Gasteiger partial charge on any atom is 0.161 e. The van der Waals surface area contributed by atoms with E-state index in [1.54, 1.807) is 6.20 Å². The van der Waals surface area contributed by atoms with Crippen molar-refractivity contribution in [2.75, 3.05) is 11.9 Å². The molecule has 1 N–H and O–H groups in total. The molecule has 112 valence electrons. The molecular weight excluding hydrogens is 330 g/mol. The van der Waals surface area contributed by atoms with Crippen molar-refractivity contribution in [1.82, 2.24) is 9.97 Å². The summed E-state index contributed by atoms with van der Waals surface area (Å²) in [6.45, 7) is 7.03. The highest BCUT2D eigenvalue weighted by Crippen LogP contribution is 2.25. The van der Waals surface area contributed by atoms with Gasteiger partial charge in [0.05, 0.1) is 10.6 Å². The Morgan fingerprint density at radius 1 is 1.24 bits per heavy atom. The summed E-state index contributed by atoms with van der Waals surface area (Å²) in [7, 11) is 0. The van der Waals surface area contributed by atoms with Crippen LogP contribution in [-0.4, -0.2) is 22.6 Å². The Bertz CT molecular complexity index is 585. The number of ether oxygens (including phenoxy) is 1. The first-order valence-corrected chi connectivity index (χ1v) is 7.93. The molecule has 1 aromatic heterocycles. The number of hydrogen-bond donors (Lipinski definition) is 1. The maximum atomic E-state index is 5.64. The largest absolute Gasteiger partial charge is 0.491 e. The average molecular weight is 350 g/mol. The number of aromatic nitrogens is 2. The van der Waals surface area contributed by atoms with Crippen LogP contribution in [0.25, 0.3) is 11.4 Å². The Morgan fingerprint density at radius 3 is 2.57 bits per heavy atom. The minimum atomic E-state index is 0.171. The van der Waals surface area contributed by atoms with E-state index in [9.17, 15) is 0 Å². The van der Waals surface area contributed by atoms with Crippen molar-refractivity contribution < 1.29 is 4.74 Å². The van der Waals surface area contributed by atoms with E-state index in [4.69, 9.17) is 4.74 Å². The lowest BCUT2D eigenvalue weighted by Crippen LogP contribution is -2.05. The summed E-state index contributed by atoms with van der Waals surface area (Å²) in [4.78, 5) is 8.93. The Kier molecular flexibility index (Phi) is 5.56. The third kappa shape index (κ3) is 4.43. The maximum absolute atomic E-state index is 5.64. The van der Waals surface area contributed by atoms with Gasteiger partial charge in [0.25, 0.3) is 0 Å². The van der Waals surface area contributed by atoms with E-state index in [1.165, 1.54) is 0 Å². The summed E-state index contributed by atoms with van der Waals surface area (Å²) < 4.78 is 6.51. The van der Waals surface area contributed by atoms with Gasteiger partial charge in [-0.05, 0) is 60.5 Å². The molecule has 0 saturated heterocycles. The van der Waals surface area contributed by atoms with Crippen LogP contribution in [0.1, 0.15) is 27.2 Å². The molecule has 0 spiro atoms. The van der Waals surface area contributed by atoms with Gasteiger partial charge in [-0.15, -0.1) is 0 Å². The zero-order valence-corrected chi connectivity index (χ0v) is 14.1. The molecule has 1 aromatic carbocycles. The lowest BCUT2D eigenvalue weighted by Gasteiger charge is -2.11. The van der Waals surface area contributed by atoms with Gasteiger partial charge in [0.2, 0.25) is 0 Å². The third-order valence-electron chi connectivity index (χ3n) is 2.77. The van der Waals surface area contributed by atoms with E-state index >= 15 is 0 Å². The second-order valence-electron chi connectivity index (χ2n) is 5.01. The minimum absolute atomic E-state index is 0.171. The highest BCUT2D eigenvalue weighted by Gasteiger charge is 2.07. The summed E-state index contributed by atoms with van der Waals surface area (Å²) in [6.07, 6.45) is 3.00. The summed E-state index contributed by atoms with van der Waals surface area (Å²) in [5.41, 5.74) is 0.971. The monoisotopic (exact) mass is 349 g/mol. The normalized spacial score (nSPS) is 10.7. The molecule has 0 bridgehead atoms. The molecule has 2 aromatic rings. The lowest BCUT2D eigenvalue weighted by molar-refractivity contribution is 0.242. The van der Waals surface area contributed by atoms with Crippen LogP contribution >= 0.6 is 15.9 Å². The number of hydrogen-bond acceptors (Lipinski definition) is 4. The van der Waals surface area contributed by atoms with E-state index in [1.807, 2.05) is 38.1 Å². The fraction of sp³-hybridized carbons (Fsp3) is 0.375. The Balaban J connectivity index is 2.21. The highest BCUT2D eigenvalue weighted by atomic mass is 79.9. The second kappa shape index (κ2) is 7.41. The lowest BCUT2D eigenvalue weighted by atomic mass is 10.2. The molecule has 0 aliphatic carbocycles. The minimum Gasteiger partial charge on any atom is -0.491 e. The van der Waals surface area contributed by atoms with Crippen LogP contribution in [0.3, 0.4) is 0 Å². The Labute approximate surface area is 134 Å². The molecular formula is C16H20BrN3O. The zero-order valence-electron chi connectivity index (χ0n) is 12.6. The number of halogens is 1. The van der Waals surface area contributed by atoms with Crippen LogP contribution in [0.15, 0.2) is 34.9 Å². The van der Waals surface area contributed by atoms with Crippen molar-refractivity contribution in [3.63, 3.8) is 0 Å². The van der Waals surface area contributed by atoms with Crippen molar-refractivity contribution in [3.8, 4) is 17.1 Å². The van der Waals surface area contributed by atoms with Gasteiger partial charge in [0, 0.05) is 18.3 Å². The third-order valence-corrected chi connectivity index (χ3v) is 3.35. The number of rotatable bonds is 6. The van der Waals surface area contributed by atoms with E-state index < -0.39 is 0 Å². The highest BCUT2D eigenvalue weighted by molar-refractivity contribution is 9.10. The van der Waals surface area contributed by atoms with E-state index in [0.29, 0.717) is 5.82 Å². The van der Waals surface area contributed by atoms with Crippen molar-refractivity contribution in [2.45, 2.75) is 33.3 Å². The second-order valence-corrected chi connectivity index (χ2v) is 5.86. The van der Waals surface area contributed by atoms with Crippen LogP contribution in [0.4, 0.5) is 5.82 Å². The van der Waals surface area contributed by atoms with Crippen molar-refractivity contribution in [1.29, 1.82) is 0 Å². The number of benzene rings is 1. The molecule has 4 nitrogen and oxygen atoms in total. The Morgan fingerprint density at radius 2 is 1.95 bits per heavy atom. The first kappa shape index (κ1) is 15.8. The quantitative estimate of drug-likeness (QED) is 0.832. The van der Waals surface area contributed by atoms with Gasteiger partial charge in [-0.3, -0.25) is 0 Å². The molecule has 0 atom stereocenters. The van der Waals surface area contributed by atoms with Gasteiger partial charge in [0.1, 0.15) is 11.6 Å². The van der Waals surface area contributed by atoms with Gasteiger partial charge in [-0.1, -0.05) is 6.92 Å². The predicted octanol–water partition coefficient (Wildman–Crippen LogP) is 4.52. The van der Waals surface area contributed by atoms with Gasteiger partial charge < -0.3 is 10.1 Å². The average Bonchev–Trinajstić information content (AvgIpc) is 2.47. The SMILES string of the molecule is CCCNc1nc(-c2ccc(OC(C)C)cc2)ncc1Br. The molecule has 21 heavy (non-hydrogen) atoms. The number of anilines is 1. The standard InChI is InChI=1S/C16H20BrN3O/c1-4-9-18-16-14(17)10-19-15(20-16)12-5-7-13(8-6-12)21-11(2)3/h5-8,10-11H,4,9H2,1-3H3,(H,18,19,20). The van der Waals surface area contributed by atoms with Gasteiger partial charge in [-0.25, -0.2) is 9.97 Å². The van der Waals surface area contributed by atoms with E-state index in [2.05, 4.69) is 38.1 Å². The smallest absolute Gasteiger partial charge is 0.161 e. The van der Waals surface area contributed by atoms with Crippen LogP contribution in [0, 0.1) is 0 Å². The summed E-state index contributed by atoms with van der Waals surface area (Å²) >= 11 is 3.46. The molecule has 0 aliphatic heterocycles. The van der Waals surface area contributed by atoms with Gasteiger partial charge >= 0.3 is 0 Å². The number of nitrogens with zero attached hydrogens (tertiary/aromatic N) is 2. The molecule has 0 fully saturated rings.